The Hall–Kier alpha value is -0.560. The topological polar surface area (TPSA) is 65.2 Å². The van der Waals surface area contributed by atoms with Gasteiger partial charge in [0.1, 0.15) is 0 Å². The van der Waals surface area contributed by atoms with Crippen LogP contribution in [0.3, 0.4) is 0 Å². The number of hydrogen-bond donors (Lipinski definition) is 4. The Kier molecular flexibility index (Phi) is 11.5. The molecule has 5 nitrogen and oxygen atoms in total. The van der Waals surface area contributed by atoms with Crippen LogP contribution in [0, 0.1) is 0 Å². The van der Waals surface area contributed by atoms with Crippen LogP contribution in [0.1, 0.15) is 19.3 Å². The molecular weight excluding hydrogens is 236 g/mol. The van der Waals surface area contributed by atoms with Gasteiger partial charge in [-0.2, -0.15) is 0 Å². The highest BCUT2D eigenvalue weighted by atomic mass is 32.2. The van der Waals surface area contributed by atoms with Crippen LogP contribution < -0.4 is 21.5 Å². The minimum Gasteiger partial charge on any atom is -0.330 e. The molecule has 1 amide bonds. The number of thioether (sulfide) groups is 1. The van der Waals surface area contributed by atoms with Gasteiger partial charge in [0.25, 0.3) is 0 Å². The quantitative estimate of drug-likeness (QED) is 0.246. The van der Waals surface area contributed by atoms with E-state index in [2.05, 4.69) is 21.5 Å². The summed E-state index contributed by atoms with van der Waals surface area (Å²) < 4.78 is 0. The summed E-state index contributed by atoms with van der Waals surface area (Å²) >= 11 is 1.58. The molecule has 0 aromatic carbocycles. The predicted molar refractivity (Wildman–Crippen MR) is 74.6 cm³/mol. The van der Waals surface area contributed by atoms with Crippen molar-refractivity contribution in [2.45, 2.75) is 25.3 Å². The summed E-state index contributed by atoms with van der Waals surface area (Å²) in [5, 5.41) is 7.84. The smallest absolute Gasteiger partial charge is 0.211 e. The first kappa shape index (κ1) is 16.4. The lowest BCUT2D eigenvalue weighted by atomic mass is 10.1. The van der Waals surface area contributed by atoms with Crippen LogP contribution in [0.2, 0.25) is 0 Å². The average Bonchev–Trinajstić information content (AvgIpc) is 2.33. The molecule has 4 N–H and O–H groups in total. The molecule has 0 aliphatic carbocycles. The molecule has 6 heteroatoms. The number of unbranched alkanes of at least 4 members (excludes halogenated alkanes) is 1. The van der Waals surface area contributed by atoms with Crippen molar-refractivity contribution in [1.82, 2.24) is 21.5 Å². The average molecular weight is 260 g/mol. The highest BCUT2D eigenvalue weighted by molar-refractivity contribution is 8.01. The fourth-order valence-electron chi connectivity index (χ4n) is 1.54. The second-order valence-corrected chi connectivity index (χ2v) is 4.32. The van der Waals surface area contributed by atoms with Gasteiger partial charge in [-0.1, -0.05) is 6.42 Å². The van der Waals surface area contributed by atoms with E-state index in [9.17, 15) is 4.79 Å². The van der Waals surface area contributed by atoms with Crippen LogP contribution in [-0.4, -0.2) is 39.3 Å². The second kappa shape index (κ2) is 11.9. The summed E-state index contributed by atoms with van der Waals surface area (Å²) in [5.41, 5.74) is 7.00. The Morgan fingerprint density at radius 3 is 2.65 bits per heavy atom. The van der Waals surface area contributed by atoms with Gasteiger partial charge in [0.05, 0.1) is 6.04 Å². The van der Waals surface area contributed by atoms with E-state index in [-0.39, 0.29) is 6.04 Å². The van der Waals surface area contributed by atoms with Crippen molar-refractivity contribution in [1.29, 1.82) is 0 Å². The van der Waals surface area contributed by atoms with E-state index < -0.39 is 0 Å². The fourth-order valence-corrected chi connectivity index (χ4v) is 2.03. The van der Waals surface area contributed by atoms with Gasteiger partial charge in [0.2, 0.25) is 6.41 Å². The van der Waals surface area contributed by atoms with E-state index in [1.54, 1.807) is 11.8 Å². The maximum Gasteiger partial charge on any atom is 0.211 e. The molecule has 1 unspecified atom stereocenters. The Labute approximate surface area is 108 Å². The molecule has 0 heterocycles. The number of carbonyl (C=O) groups excluding carboxylic acids is 1. The van der Waals surface area contributed by atoms with E-state index >= 15 is 0 Å². The Morgan fingerprint density at radius 2 is 2.12 bits per heavy atom. The van der Waals surface area contributed by atoms with Crippen molar-refractivity contribution in [3.63, 3.8) is 0 Å². The summed E-state index contributed by atoms with van der Waals surface area (Å²) in [7, 11) is 3.79. The lowest BCUT2D eigenvalue weighted by molar-refractivity contribution is -0.109. The molecule has 0 aromatic rings. The zero-order chi connectivity index (χ0) is 12.9. The molecule has 1 atom stereocenters. The molecule has 0 bridgehead atoms. The van der Waals surface area contributed by atoms with Gasteiger partial charge in [-0.25, -0.2) is 5.43 Å². The number of hydrazine groups is 1. The molecular formula is C11H24N4OS. The van der Waals surface area contributed by atoms with Crippen LogP contribution in [0.15, 0.2) is 11.1 Å². The largest absolute Gasteiger partial charge is 0.330 e. The number of amides is 1. The zero-order valence-corrected chi connectivity index (χ0v) is 11.7. The van der Waals surface area contributed by atoms with Crippen LogP contribution in [0.4, 0.5) is 0 Å². The molecule has 0 rings (SSSR count). The van der Waals surface area contributed by atoms with Crippen LogP contribution in [0.5, 0.6) is 0 Å². The third kappa shape index (κ3) is 8.20. The van der Waals surface area contributed by atoms with Gasteiger partial charge in [0, 0.05) is 5.70 Å². The molecule has 0 saturated carbocycles. The number of rotatable bonds is 11. The van der Waals surface area contributed by atoms with Crippen LogP contribution in [0.25, 0.3) is 0 Å². The summed E-state index contributed by atoms with van der Waals surface area (Å²) in [5.74, 6) is 0. The second-order valence-electron chi connectivity index (χ2n) is 3.62. The highest BCUT2D eigenvalue weighted by Gasteiger charge is 2.12. The van der Waals surface area contributed by atoms with Gasteiger partial charge in [-0.15, -0.1) is 11.8 Å². The first-order valence-electron chi connectivity index (χ1n) is 5.80. The van der Waals surface area contributed by atoms with E-state index in [0.29, 0.717) is 0 Å². The van der Waals surface area contributed by atoms with Gasteiger partial charge in [-0.05, 0) is 45.1 Å². The third-order valence-electron chi connectivity index (χ3n) is 2.33. The number of carbonyl (C=O) groups is 1. The van der Waals surface area contributed by atoms with Crippen LogP contribution in [-0.2, 0) is 4.79 Å². The Morgan fingerprint density at radius 1 is 1.35 bits per heavy atom. The number of hydrogen-bond acceptors (Lipinski definition) is 5. The molecule has 0 saturated heterocycles. The van der Waals surface area contributed by atoms with Crippen LogP contribution >= 0.6 is 11.8 Å². The van der Waals surface area contributed by atoms with E-state index in [1.807, 2.05) is 25.8 Å². The Bertz CT molecular complexity index is 224. The lowest BCUT2D eigenvalue weighted by Gasteiger charge is -2.20. The third-order valence-corrected chi connectivity index (χ3v) is 2.82. The van der Waals surface area contributed by atoms with Gasteiger partial charge in [-0.3, -0.25) is 10.2 Å². The van der Waals surface area contributed by atoms with Crippen molar-refractivity contribution in [3.8, 4) is 0 Å². The minimum absolute atomic E-state index is 0.134. The van der Waals surface area contributed by atoms with Crippen molar-refractivity contribution >= 4 is 18.2 Å². The highest BCUT2D eigenvalue weighted by Crippen LogP contribution is 2.10. The van der Waals surface area contributed by atoms with Gasteiger partial charge < -0.3 is 10.6 Å². The Balaban J connectivity index is 4.24. The first-order chi connectivity index (χ1) is 8.29. The SMILES string of the molecule is CNCCCCC(NNC)/C(=C/SC)NC=O. The molecule has 0 aliphatic heterocycles. The molecule has 0 spiro atoms. The maximum atomic E-state index is 10.6. The molecule has 0 aromatic heterocycles. The fraction of sp³-hybridized carbons (Fsp3) is 0.727. The summed E-state index contributed by atoms with van der Waals surface area (Å²) in [6, 6.07) is 0.134. The van der Waals surface area contributed by atoms with E-state index in [1.165, 1.54) is 0 Å². The normalized spacial score (nSPS) is 13.5. The van der Waals surface area contributed by atoms with Crippen molar-refractivity contribution in [3.05, 3.63) is 11.1 Å². The monoisotopic (exact) mass is 260 g/mol. The van der Waals surface area contributed by atoms with Crippen molar-refractivity contribution in [2.75, 3.05) is 26.9 Å². The number of nitrogens with one attached hydrogen (secondary N) is 4. The van der Waals surface area contributed by atoms with E-state index in [0.717, 1.165) is 37.9 Å². The lowest BCUT2D eigenvalue weighted by Crippen LogP contribution is -2.42. The molecule has 0 aliphatic rings. The van der Waals surface area contributed by atoms with Crippen molar-refractivity contribution < 1.29 is 4.79 Å². The molecule has 17 heavy (non-hydrogen) atoms. The molecule has 0 radical (unpaired) electrons. The van der Waals surface area contributed by atoms with Gasteiger partial charge in [0.15, 0.2) is 0 Å². The van der Waals surface area contributed by atoms with Crippen molar-refractivity contribution in [2.24, 2.45) is 0 Å². The maximum absolute atomic E-state index is 10.6. The molecule has 0 fully saturated rings. The van der Waals surface area contributed by atoms with E-state index in [4.69, 9.17) is 0 Å². The summed E-state index contributed by atoms with van der Waals surface area (Å²) in [6.45, 7) is 1.02. The van der Waals surface area contributed by atoms with Gasteiger partial charge >= 0.3 is 0 Å². The first-order valence-corrected chi connectivity index (χ1v) is 7.08. The standard InChI is InChI=1S/C11H24N4OS/c1-12-7-5-4-6-10(15-13-2)11(8-17-3)14-9-16/h8-10,12-13,15H,4-7H2,1-3H3,(H,14,16)/b11-8-. The molecule has 100 valence electrons. The predicted octanol–water partition coefficient (Wildman–Crippen LogP) is 0.419. The summed E-state index contributed by atoms with van der Waals surface area (Å²) in [6.07, 6.45) is 5.91. The zero-order valence-electron chi connectivity index (χ0n) is 10.9. The minimum atomic E-state index is 0.134. The summed E-state index contributed by atoms with van der Waals surface area (Å²) in [4.78, 5) is 10.6.